The fourth-order valence-electron chi connectivity index (χ4n) is 2.13. The fourth-order valence-corrected chi connectivity index (χ4v) is 2.37. The maximum Gasteiger partial charge on any atom is 0.200 e. The quantitative estimate of drug-likeness (QED) is 0.755. The summed E-state index contributed by atoms with van der Waals surface area (Å²) in [5.74, 6) is 0.778. The molecule has 0 aliphatic carbocycles. The Morgan fingerprint density at radius 3 is 2.33 bits per heavy atom. The highest BCUT2D eigenvalue weighted by Crippen LogP contribution is 2.22. The van der Waals surface area contributed by atoms with Gasteiger partial charge in [0.1, 0.15) is 0 Å². The molecule has 106 valence electrons. The molecule has 0 radical (unpaired) electrons. The molecule has 21 heavy (non-hydrogen) atoms. The van der Waals surface area contributed by atoms with E-state index in [1.807, 2.05) is 42.9 Å². The average Bonchev–Trinajstić information content (AvgIpc) is 2.90. The summed E-state index contributed by atoms with van der Waals surface area (Å²) in [4.78, 5) is 6.09. The predicted molar refractivity (Wildman–Crippen MR) is 86.3 cm³/mol. The van der Waals surface area contributed by atoms with Gasteiger partial charge < -0.3 is 4.90 Å². The van der Waals surface area contributed by atoms with E-state index in [0.29, 0.717) is 4.77 Å². The van der Waals surface area contributed by atoms with Crippen LogP contribution in [0.3, 0.4) is 0 Å². The first-order chi connectivity index (χ1) is 10.2. The van der Waals surface area contributed by atoms with Gasteiger partial charge in [0, 0.05) is 37.7 Å². The van der Waals surface area contributed by atoms with Gasteiger partial charge in [0.05, 0.1) is 5.69 Å². The molecule has 0 spiro atoms. The van der Waals surface area contributed by atoms with Crippen LogP contribution in [0.1, 0.15) is 0 Å². The normalized spacial score (nSPS) is 10.6. The number of aromatic amines is 1. The lowest BCUT2D eigenvalue weighted by Crippen LogP contribution is -2.08. The number of hydrogen-bond acceptors (Lipinski definition) is 4. The molecule has 1 N–H and O–H groups in total. The zero-order valence-corrected chi connectivity index (χ0v) is 12.6. The van der Waals surface area contributed by atoms with Crippen molar-refractivity contribution < 1.29 is 0 Å². The SMILES string of the molecule is CN(C)c1ccc(-n2c(-c3ccncc3)n[nH]c2=S)cc1. The van der Waals surface area contributed by atoms with E-state index in [2.05, 4.69) is 32.2 Å². The van der Waals surface area contributed by atoms with Crippen molar-refractivity contribution in [2.75, 3.05) is 19.0 Å². The van der Waals surface area contributed by atoms with Gasteiger partial charge in [-0.1, -0.05) is 0 Å². The van der Waals surface area contributed by atoms with E-state index in [1.165, 1.54) is 0 Å². The van der Waals surface area contributed by atoms with Crippen LogP contribution >= 0.6 is 12.2 Å². The maximum absolute atomic E-state index is 5.36. The molecule has 2 aromatic heterocycles. The number of aromatic nitrogens is 4. The number of nitrogens with one attached hydrogen (secondary N) is 1. The zero-order valence-electron chi connectivity index (χ0n) is 11.8. The predicted octanol–water partition coefficient (Wildman–Crippen LogP) is 3.06. The number of hydrogen-bond donors (Lipinski definition) is 1. The van der Waals surface area contributed by atoms with E-state index in [9.17, 15) is 0 Å². The van der Waals surface area contributed by atoms with E-state index >= 15 is 0 Å². The van der Waals surface area contributed by atoms with Crippen LogP contribution in [-0.2, 0) is 0 Å². The van der Waals surface area contributed by atoms with Crippen molar-refractivity contribution in [2.24, 2.45) is 0 Å². The van der Waals surface area contributed by atoms with Crippen LogP contribution < -0.4 is 4.90 Å². The van der Waals surface area contributed by atoms with Crippen LogP contribution in [0.25, 0.3) is 17.1 Å². The molecule has 0 saturated heterocycles. The lowest BCUT2D eigenvalue weighted by Gasteiger charge is -2.13. The van der Waals surface area contributed by atoms with Gasteiger partial charge in [-0.05, 0) is 48.6 Å². The number of pyridine rings is 1. The summed E-state index contributed by atoms with van der Waals surface area (Å²) in [5.41, 5.74) is 3.08. The van der Waals surface area contributed by atoms with Gasteiger partial charge in [0.15, 0.2) is 10.6 Å². The maximum atomic E-state index is 5.36. The van der Waals surface area contributed by atoms with E-state index < -0.39 is 0 Å². The van der Waals surface area contributed by atoms with Gasteiger partial charge >= 0.3 is 0 Å². The van der Waals surface area contributed by atoms with Crippen LogP contribution in [0.2, 0.25) is 0 Å². The van der Waals surface area contributed by atoms with Crippen molar-refractivity contribution in [1.29, 1.82) is 0 Å². The Bertz CT molecular complexity index is 787. The number of anilines is 1. The summed E-state index contributed by atoms with van der Waals surface area (Å²) in [6.07, 6.45) is 3.49. The molecule has 0 aliphatic rings. The van der Waals surface area contributed by atoms with Crippen LogP contribution in [0.15, 0.2) is 48.8 Å². The molecule has 0 fully saturated rings. The standard InChI is InChI=1S/C15H15N5S/c1-19(2)12-3-5-13(6-4-12)20-14(17-18-15(20)21)11-7-9-16-10-8-11/h3-10H,1-2H3,(H,18,21). The number of nitrogens with zero attached hydrogens (tertiary/aromatic N) is 4. The van der Waals surface area contributed by atoms with Gasteiger partial charge in [-0.25, -0.2) is 0 Å². The van der Waals surface area contributed by atoms with Gasteiger partial charge in [0.2, 0.25) is 0 Å². The van der Waals surface area contributed by atoms with Crippen molar-refractivity contribution in [3.05, 3.63) is 53.6 Å². The van der Waals surface area contributed by atoms with Gasteiger partial charge in [-0.3, -0.25) is 14.6 Å². The molecule has 3 rings (SSSR count). The molecular formula is C15H15N5S. The third-order valence-corrected chi connectivity index (χ3v) is 3.51. The minimum Gasteiger partial charge on any atom is -0.378 e. The van der Waals surface area contributed by atoms with Crippen molar-refractivity contribution >= 4 is 17.9 Å². The Hall–Kier alpha value is -2.47. The summed E-state index contributed by atoms with van der Waals surface area (Å²) in [7, 11) is 4.03. The minimum atomic E-state index is 0.569. The monoisotopic (exact) mass is 297 g/mol. The van der Waals surface area contributed by atoms with E-state index in [-0.39, 0.29) is 0 Å². The Morgan fingerprint density at radius 2 is 1.71 bits per heavy atom. The van der Waals surface area contributed by atoms with Gasteiger partial charge in [-0.2, -0.15) is 5.10 Å². The Balaban J connectivity index is 2.11. The number of rotatable bonds is 3. The fraction of sp³-hybridized carbons (Fsp3) is 0.133. The molecule has 1 aromatic carbocycles. The lowest BCUT2D eigenvalue weighted by atomic mass is 10.2. The number of H-pyrrole nitrogens is 1. The number of benzene rings is 1. The first-order valence-corrected chi connectivity index (χ1v) is 6.93. The molecule has 0 bridgehead atoms. The van der Waals surface area contributed by atoms with Crippen molar-refractivity contribution in [2.45, 2.75) is 0 Å². The highest BCUT2D eigenvalue weighted by atomic mass is 32.1. The van der Waals surface area contributed by atoms with Gasteiger partial charge in [-0.15, -0.1) is 0 Å². The summed E-state index contributed by atoms with van der Waals surface area (Å²) < 4.78 is 2.49. The molecule has 5 nitrogen and oxygen atoms in total. The third kappa shape index (κ3) is 2.57. The van der Waals surface area contributed by atoms with Gasteiger partial charge in [0.25, 0.3) is 0 Å². The highest BCUT2D eigenvalue weighted by molar-refractivity contribution is 7.71. The molecule has 0 saturated carbocycles. The van der Waals surface area contributed by atoms with Crippen molar-refractivity contribution in [1.82, 2.24) is 19.7 Å². The second-order valence-electron chi connectivity index (χ2n) is 4.83. The van der Waals surface area contributed by atoms with Crippen LogP contribution in [0.4, 0.5) is 5.69 Å². The molecule has 2 heterocycles. The van der Waals surface area contributed by atoms with Crippen molar-refractivity contribution in [3.8, 4) is 17.1 Å². The van der Waals surface area contributed by atoms with E-state index in [0.717, 1.165) is 22.8 Å². The van der Waals surface area contributed by atoms with E-state index in [4.69, 9.17) is 12.2 Å². The first kappa shape index (κ1) is 13.5. The molecule has 6 heteroatoms. The minimum absolute atomic E-state index is 0.569. The molecule has 0 atom stereocenters. The smallest absolute Gasteiger partial charge is 0.200 e. The summed E-state index contributed by atoms with van der Waals surface area (Å²) in [5, 5.41) is 7.18. The zero-order chi connectivity index (χ0) is 14.8. The molecule has 3 aromatic rings. The van der Waals surface area contributed by atoms with E-state index in [1.54, 1.807) is 12.4 Å². The largest absolute Gasteiger partial charge is 0.378 e. The molecule has 0 aliphatic heterocycles. The second-order valence-corrected chi connectivity index (χ2v) is 5.22. The summed E-state index contributed by atoms with van der Waals surface area (Å²) in [6, 6.07) is 12.0. The highest BCUT2D eigenvalue weighted by Gasteiger charge is 2.10. The molecule has 0 amide bonds. The Morgan fingerprint density at radius 1 is 1.05 bits per heavy atom. The first-order valence-electron chi connectivity index (χ1n) is 6.52. The van der Waals surface area contributed by atoms with Crippen LogP contribution in [-0.4, -0.2) is 33.8 Å². The average molecular weight is 297 g/mol. The molecule has 0 unspecified atom stereocenters. The summed E-state index contributed by atoms with van der Waals surface area (Å²) in [6.45, 7) is 0. The second kappa shape index (κ2) is 5.49. The third-order valence-electron chi connectivity index (χ3n) is 3.24. The Labute approximate surface area is 127 Å². The Kier molecular flexibility index (Phi) is 3.53. The molecular weight excluding hydrogens is 282 g/mol. The van der Waals surface area contributed by atoms with Crippen molar-refractivity contribution in [3.63, 3.8) is 0 Å². The van der Waals surface area contributed by atoms with Crippen LogP contribution in [0, 0.1) is 4.77 Å². The topological polar surface area (TPSA) is 49.7 Å². The van der Waals surface area contributed by atoms with Crippen LogP contribution in [0.5, 0.6) is 0 Å². The summed E-state index contributed by atoms with van der Waals surface area (Å²) >= 11 is 5.36. The lowest BCUT2D eigenvalue weighted by molar-refractivity contribution is 1.03.